The highest BCUT2D eigenvalue weighted by atomic mass is 16.3. The van der Waals surface area contributed by atoms with E-state index in [9.17, 15) is 5.11 Å². The van der Waals surface area contributed by atoms with Gasteiger partial charge in [0.15, 0.2) is 0 Å². The van der Waals surface area contributed by atoms with Gasteiger partial charge in [-0.25, -0.2) is 4.98 Å². The van der Waals surface area contributed by atoms with Crippen LogP contribution in [-0.4, -0.2) is 57.2 Å². The van der Waals surface area contributed by atoms with Gasteiger partial charge in [0.05, 0.1) is 12.3 Å². The molecule has 2 aromatic rings. The minimum absolute atomic E-state index is 0.141. The number of piperidine rings is 2. The highest BCUT2D eigenvalue weighted by molar-refractivity contribution is 5.37. The predicted octanol–water partition coefficient (Wildman–Crippen LogP) is 1.53. The van der Waals surface area contributed by atoms with E-state index >= 15 is 0 Å². The van der Waals surface area contributed by atoms with Gasteiger partial charge in [-0.2, -0.15) is 5.26 Å². The van der Waals surface area contributed by atoms with Gasteiger partial charge in [0.2, 0.25) is 0 Å². The van der Waals surface area contributed by atoms with Crippen LogP contribution >= 0.6 is 0 Å². The number of nitrogens with zero attached hydrogens (tertiary/aromatic N) is 5. The fourth-order valence-corrected chi connectivity index (χ4v) is 4.38. The molecule has 2 N–H and O–H groups in total. The van der Waals surface area contributed by atoms with Gasteiger partial charge in [-0.1, -0.05) is 0 Å². The van der Waals surface area contributed by atoms with Crippen molar-refractivity contribution in [1.29, 1.82) is 5.26 Å². The molecule has 2 aliphatic rings. The Morgan fingerprint density at radius 1 is 1.35 bits per heavy atom. The van der Waals surface area contributed by atoms with Gasteiger partial charge in [0.1, 0.15) is 17.6 Å². The van der Waals surface area contributed by atoms with Crippen molar-refractivity contribution in [3.8, 4) is 6.07 Å². The summed E-state index contributed by atoms with van der Waals surface area (Å²) in [6.45, 7) is 4.44. The molecule has 1 atom stereocenters. The van der Waals surface area contributed by atoms with E-state index < -0.39 is 0 Å². The van der Waals surface area contributed by atoms with Crippen molar-refractivity contribution < 1.29 is 5.11 Å². The molecule has 7 heteroatoms. The maximum Gasteiger partial charge on any atom is 0.147 e. The smallest absolute Gasteiger partial charge is 0.147 e. The lowest BCUT2D eigenvalue weighted by atomic mass is 9.71. The van der Waals surface area contributed by atoms with Crippen molar-refractivity contribution in [3.05, 3.63) is 42.1 Å². The first kappa shape index (κ1) is 17.0. The number of aliphatic hydroxyl groups excluding tert-OH is 1. The van der Waals surface area contributed by atoms with Gasteiger partial charge >= 0.3 is 0 Å². The van der Waals surface area contributed by atoms with E-state index in [1.165, 1.54) is 0 Å². The van der Waals surface area contributed by atoms with Crippen molar-refractivity contribution in [2.75, 3.05) is 31.1 Å². The second kappa shape index (κ2) is 7.06. The molecular formula is C19H24N6O. The molecule has 2 aromatic heterocycles. The fraction of sp³-hybridized carbons (Fsp3) is 0.526. The summed E-state index contributed by atoms with van der Waals surface area (Å²) in [7, 11) is 0. The Morgan fingerprint density at radius 3 is 2.88 bits per heavy atom. The largest absolute Gasteiger partial charge is 0.391 e. The van der Waals surface area contributed by atoms with Gasteiger partial charge in [-0.05, 0) is 49.4 Å². The van der Waals surface area contributed by atoms with Crippen molar-refractivity contribution in [2.24, 2.45) is 5.41 Å². The third-order valence-corrected chi connectivity index (χ3v) is 5.69. The Balaban J connectivity index is 1.39. The zero-order valence-electron chi connectivity index (χ0n) is 14.8. The molecule has 2 fully saturated rings. The fourth-order valence-electron chi connectivity index (χ4n) is 4.38. The minimum Gasteiger partial charge on any atom is -0.391 e. The first-order valence-electron chi connectivity index (χ1n) is 9.15. The van der Waals surface area contributed by atoms with Crippen LogP contribution in [0.2, 0.25) is 0 Å². The Hall–Kier alpha value is -2.43. The van der Waals surface area contributed by atoms with Crippen molar-refractivity contribution in [2.45, 2.75) is 31.9 Å². The quantitative estimate of drug-likeness (QED) is 0.870. The number of β-amino-alcohol motifs (C(OH)–C–C–N with tert-alkyl or cyclic N) is 1. The summed E-state index contributed by atoms with van der Waals surface area (Å²) < 4.78 is 0. The summed E-state index contributed by atoms with van der Waals surface area (Å²) in [6.07, 6.45) is 9.75. The van der Waals surface area contributed by atoms with Gasteiger partial charge in [-0.3, -0.25) is 9.88 Å². The lowest BCUT2D eigenvalue weighted by Gasteiger charge is -2.49. The molecule has 0 aromatic carbocycles. The number of H-pyrrole nitrogens is 1. The Kier molecular flexibility index (Phi) is 4.62. The lowest BCUT2D eigenvalue weighted by Crippen LogP contribution is -2.54. The van der Waals surface area contributed by atoms with Crippen molar-refractivity contribution in [1.82, 2.24) is 19.9 Å². The molecule has 0 radical (unpaired) electrons. The molecule has 1 spiro atoms. The van der Waals surface area contributed by atoms with E-state index in [4.69, 9.17) is 5.26 Å². The number of aromatic amines is 1. The molecule has 2 saturated heterocycles. The molecular weight excluding hydrogens is 328 g/mol. The third kappa shape index (κ3) is 3.57. The predicted molar refractivity (Wildman–Crippen MR) is 97.3 cm³/mol. The molecule has 26 heavy (non-hydrogen) atoms. The van der Waals surface area contributed by atoms with Crippen LogP contribution in [0.1, 0.15) is 30.5 Å². The van der Waals surface area contributed by atoms with E-state index in [0.29, 0.717) is 12.2 Å². The highest BCUT2D eigenvalue weighted by Crippen LogP contribution is 2.41. The van der Waals surface area contributed by atoms with Crippen LogP contribution in [0.5, 0.6) is 0 Å². The number of aliphatic hydroxyl groups is 1. The van der Waals surface area contributed by atoms with Crippen LogP contribution in [0, 0.1) is 16.7 Å². The second-order valence-corrected chi connectivity index (χ2v) is 7.61. The summed E-state index contributed by atoms with van der Waals surface area (Å²) in [6, 6.07) is 4.06. The van der Waals surface area contributed by atoms with E-state index in [2.05, 4.69) is 30.8 Å². The molecule has 0 amide bonds. The molecule has 4 rings (SSSR count). The zero-order chi connectivity index (χ0) is 18.0. The third-order valence-electron chi connectivity index (χ3n) is 5.69. The van der Waals surface area contributed by atoms with E-state index in [1.807, 2.05) is 12.3 Å². The van der Waals surface area contributed by atoms with Gasteiger partial charge in [-0.15, -0.1) is 0 Å². The standard InChI is InChI=1S/C19H24N6O/c20-9-16-7-15(10-23-16)12-24-5-1-19(2-6-24)8-17(26)13-25(14-19)18-11-21-3-4-22-18/h3-4,7,10-11,17,23,26H,1-2,5-6,8,12-14H2. The molecule has 2 aliphatic heterocycles. The molecule has 0 saturated carbocycles. The van der Waals surface area contributed by atoms with E-state index in [-0.39, 0.29) is 11.5 Å². The molecule has 136 valence electrons. The molecule has 1 unspecified atom stereocenters. The number of aromatic nitrogens is 3. The van der Waals surface area contributed by atoms with Crippen molar-refractivity contribution in [3.63, 3.8) is 0 Å². The van der Waals surface area contributed by atoms with Gasteiger partial charge in [0.25, 0.3) is 0 Å². The highest BCUT2D eigenvalue weighted by Gasteiger charge is 2.41. The first-order chi connectivity index (χ1) is 12.7. The van der Waals surface area contributed by atoms with Crippen LogP contribution in [0.4, 0.5) is 5.82 Å². The van der Waals surface area contributed by atoms with Gasteiger partial charge in [0, 0.05) is 38.2 Å². The lowest BCUT2D eigenvalue weighted by molar-refractivity contribution is 0.0244. The topological polar surface area (TPSA) is 92.1 Å². The summed E-state index contributed by atoms with van der Waals surface area (Å²) in [5.41, 5.74) is 1.91. The van der Waals surface area contributed by atoms with Crippen LogP contribution in [0.3, 0.4) is 0 Å². The Labute approximate surface area is 153 Å². The Bertz CT molecular complexity index is 775. The van der Waals surface area contributed by atoms with E-state index in [1.54, 1.807) is 18.6 Å². The summed E-state index contributed by atoms with van der Waals surface area (Å²) >= 11 is 0. The number of anilines is 1. The van der Waals surface area contributed by atoms with Crippen LogP contribution in [0.25, 0.3) is 0 Å². The number of hydrogen-bond donors (Lipinski definition) is 2. The molecule has 7 nitrogen and oxygen atoms in total. The maximum absolute atomic E-state index is 10.5. The minimum atomic E-state index is -0.319. The summed E-state index contributed by atoms with van der Waals surface area (Å²) in [4.78, 5) is 16.2. The number of likely N-dealkylation sites (tertiary alicyclic amines) is 1. The average Bonchev–Trinajstić information content (AvgIpc) is 3.12. The van der Waals surface area contributed by atoms with Crippen LogP contribution in [-0.2, 0) is 6.54 Å². The second-order valence-electron chi connectivity index (χ2n) is 7.61. The monoisotopic (exact) mass is 352 g/mol. The number of nitrogens with one attached hydrogen (secondary N) is 1. The summed E-state index contributed by atoms with van der Waals surface area (Å²) in [5.74, 6) is 0.851. The SMILES string of the molecule is N#Cc1cc(CN2CCC3(CC2)CC(O)CN(c2cnccn2)C3)c[nH]1. The Morgan fingerprint density at radius 2 is 2.19 bits per heavy atom. The zero-order valence-corrected chi connectivity index (χ0v) is 14.8. The van der Waals surface area contributed by atoms with Gasteiger partial charge < -0.3 is 15.0 Å². The number of rotatable bonds is 3. The van der Waals surface area contributed by atoms with Crippen molar-refractivity contribution >= 4 is 5.82 Å². The summed E-state index contributed by atoms with van der Waals surface area (Å²) in [5, 5.41) is 19.4. The van der Waals surface area contributed by atoms with E-state index in [0.717, 1.165) is 56.8 Å². The first-order valence-corrected chi connectivity index (χ1v) is 9.15. The molecule has 0 bridgehead atoms. The van der Waals surface area contributed by atoms with Crippen LogP contribution < -0.4 is 4.90 Å². The van der Waals surface area contributed by atoms with Crippen LogP contribution in [0.15, 0.2) is 30.9 Å². The number of nitriles is 1. The molecule has 0 aliphatic carbocycles. The normalized spacial score (nSPS) is 23.1. The molecule has 4 heterocycles. The average molecular weight is 352 g/mol. The number of hydrogen-bond acceptors (Lipinski definition) is 6. The maximum atomic E-state index is 10.5.